The van der Waals surface area contributed by atoms with Gasteiger partial charge in [-0.2, -0.15) is 0 Å². The van der Waals surface area contributed by atoms with Crippen LogP contribution < -0.4 is 26.0 Å². The molecule has 0 radical (unpaired) electrons. The lowest BCUT2D eigenvalue weighted by Crippen LogP contribution is -2.33. The van der Waals surface area contributed by atoms with Crippen LogP contribution in [0, 0.1) is 0 Å². The second kappa shape index (κ2) is 9.77. The highest BCUT2D eigenvalue weighted by atomic mass is 16.5. The summed E-state index contributed by atoms with van der Waals surface area (Å²) in [6.07, 6.45) is 5.05. The molecule has 1 aromatic heterocycles. The van der Waals surface area contributed by atoms with Gasteiger partial charge in [0.2, 0.25) is 11.8 Å². The summed E-state index contributed by atoms with van der Waals surface area (Å²) in [4.78, 5) is 30.6. The Morgan fingerprint density at radius 2 is 2.00 bits per heavy atom. The van der Waals surface area contributed by atoms with Gasteiger partial charge in [-0.05, 0) is 50.5 Å². The molecule has 3 amide bonds. The first-order chi connectivity index (χ1) is 14.1. The van der Waals surface area contributed by atoms with E-state index < -0.39 is 5.91 Å². The van der Waals surface area contributed by atoms with Gasteiger partial charge in [-0.3, -0.25) is 4.79 Å². The van der Waals surface area contributed by atoms with Crippen molar-refractivity contribution in [2.45, 2.75) is 32.7 Å². The van der Waals surface area contributed by atoms with Crippen molar-refractivity contribution in [3.05, 3.63) is 47.7 Å². The number of amides is 3. The van der Waals surface area contributed by atoms with E-state index in [4.69, 9.17) is 10.5 Å². The minimum Gasteiger partial charge on any atom is -0.478 e. The molecule has 3 rings (SSSR count). The molecule has 1 aliphatic heterocycles. The lowest BCUT2D eigenvalue weighted by atomic mass is 10.1. The largest absolute Gasteiger partial charge is 0.478 e. The topological polar surface area (TPSA) is 110 Å². The van der Waals surface area contributed by atoms with Crippen LogP contribution in [0.1, 0.15) is 42.1 Å². The molecular weight excluding hydrogens is 370 g/mol. The highest BCUT2D eigenvalue weighted by molar-refractivity contribution is 5.98. The lowest BCUT2D eigenvalue weighted by Gasteiger charge is -2.30. The summed E-state index contributed by atoms with van der Waals surface area (Å²) >= 11 is 0. The van der Waals surface area contributed by atoms with E-state index >= 15 is 0 Å². The molecule has 29 heavy (non-hydrogen) atoms. The van der Waals surface area contributed by atoms with Gasteiger partial charge in [0.25, 0.3) is 0 Å². The molecule has 0 atom stereocenters. The average Bonchev–Trinajstić information content (AvgIpc) is 2.74. The lowest BCUT2D eigenvalue weighted by molar-refractivity contribution is 0.100. The van der Waals surface area contributed by atoms with Gasteiger partial charge in [0.15, 0.2) is 0 Å². The molecule has 1 saturated heterocycles. The Balaban J connectivity index is 1.73. The molecule has 0 spiro atoms. The van der Waals surface area contributed by atoms with E-state index in [1.165, 1.54) is 6.42 Å². The quantitative estimate of drug-likeness (QED) is 0.665. The first-order valence-corrected chi connectivity index (χ1v) is 9.89. The van der Waals surface area contributed by atoms with E-state index in [9.17, 15) is 9.59 Å². The summed E-state index contributed by atoms with van der Waals surface area (Å²) in [5.74, 6) is -0.0320. The molecule has 2 heterocycles. The van der Waals surface area contributed by atoms with E-state index in [2.05, 4.69) is 20.5 Å². The second-order valence-electron chi connectivity index (χ2n) is 6.85. The SMILES string of the molecule is CCOc1ncccc1CNC(=O)Nc1cc(C(N)=O)ccc1N1CCCCC1. The predicted molar refractivity (Wildman–Crippen MR) is 112 cm³/mol. The van der Waals surface area contributed by atoms with Crippen molar-refractivity contribution in [3.63, 3.8) is 0 Å². The normalized spacial score (nSPS) is 13.6. The number of nitrogens with two attached hydrogens (primary N) is 1. The number of pyridine rings is 1. The van der Waals surface area contributed by atoms with Gasteiger partial charge in [-0.1, -0.05) is 6.07 Å². The minimum atomic E-state index is -0.532. The Labute approximate surface area is 170 Å². The van der Waals surface area contributed by atoms with Crippen LogP contribution in [-0.4, -0.2) is 36.6 Å². The molecule has 0 aliphatic carbocycles. The maximum atomic E-state index is 12.6. The van der Waals surface area contributed by atoms with E-state index in [0.717, 1.165) is 37.2 Å². The fourth-order valence-electron chi connectivity index (χ4n) is 3.37. The molecule has 2 aromatic rings. The van der Waals surface area contributed by atoms with Crippen molar-refractivity contribution in [2.24, 2.45) is 5.73 Å². The van der Waals surface area contributed by atoms with E-state index in [-0.39, 0.29) is 12.6 Å². The van der Waals surface area contributed by atoms with Gasteiger partial charge < -0.3 is 26.0 Å². The van der Waals surface area contributed by atoms with Gasteiger partial charge >= 0.3 is 6.03 Å². The summed E-state index contributed by atoms with van der Waals surface area (Å²) in [7, 11) is 0. The third-order valence-electron chi connectivity index (χ3n) is 4.80. The van der Waals surface area contributed by atoms with Crippen LogP contribution >= 0.6 is 0 Å². The maximum Gasteiger partial charge on any atom is 0.319 e. The number of carbonyl (C=O) groups is 2. The van der Waals surface area contributed by atoms with E-state index in [0.29, 0.717) is 23.7 Å². The molecular formula is C21H27N5O3. The number of aromatic nitrogens is 1. The van der Waals surface area contributed by atoms with Crippen LogP contribution in [0.2, 0.25) is 0 Å². The summed E-state index contributed by atoms with van der Waals surface area (Å²) < 4.78 is 5.49. The molecule has 1 aromatic carbocycles. The molecule has 1 fully saturated rings. The molecule has 154 valence electrons. The number of hydrogen-bond donors (Lipinski definition) is 3. The number of benzene rings is 1. The maximum absolute atomic E-state index is 12.6. The molecule has 8 heteroatoms. The van der Waals surface area contributed by atoms with Crippen molar-refractivity contribution < 1.29 is 14.3 Å². The average molecular weight is 397 g/mol. The third kappa shape index (κ3) is 5.37. The Bertz CT molecular complexity index is 865. The first-order valence-electron chi connectivity index (χ1n) is 9.89. The summed E-state index contributed by atoms with van der Waals surface area (Å²) in [6.45, 7) is 4.48. The predicted octanol–water partition coefficient (Wildman–Crippen LogP) is 2.89. The highest BCUT2D eigenvalue weighted by Gasteiger charge is 2.17. The monoisotopic (exact) mass is 397 g/mol. The molecule has 8 nitrogen and oxygen atoms in total. The number of primary amides is 1. The zero-order chi connectivity index (χ0) is 20.6. The van der Waals surface area contributed by atoms with Crippen molar-refractivity contribution in [1.82, 2.24) is 10.3 Å². The number of piperidine rings is 1. The van der Waals surface area contributed by atoms with Crippen LogP contribution in [0.5, 0.6) is 5.88 Å². The van der Waals surface area contributed by atoms with Crippen molar-refractivity contribution in [1.29, 1.82) is 0 Å². The minimum absolute atomic E-state index is 0.267. The van der Waals surface area contributed by atoms with Crippen LogP contribution in [0.25, 0.3) is 0 Å². The number of nitrogens with one attached hydrogen (secondary N) is 2. The molecule has 1 aliphatic rings. The number of urea groups is 1. The van der Waals surface area contributed by atoms with Crippen LogP contribution in [0.3, 0.4) is 0 Å². The number of nitrogens with zero attached hydrogens (tertiary/aromatic N) is 2. The van der Waals surface area contributed by atoms with E-state index in [1.807, 2.05) is 19.1 Å². The van der Waals surface area contributed by atoms with Crippen molar-refractivity contribution >= 4 is 23.3 Å². The molecule has 0 unspecified atom stereocenters. The Hall–Kier alpha value is -3.29. The van der Waals surface area contributed by atoms with E-state index in [1.54, 1.807) is 24.4 Å². The highest BCUT2D eigenvalue weighted by Crippen LogP contribution is 2.29. The fourth-order valence-corrected chi connectivity index (χ4v) is 3.37. The molecule has 0 saturated carbocycles. The van der Waals surface area contributed by atoms with Gasteiger partial charge in [-0.15, -0.1) is 0 Å². The van der Waals surface area contributed by atoms with Crippen LogP contribution in [-0.2, 0) is 6.54 Å². The third-order valence-corrected chi connectivity index (χ3v) is 4.80. The summed E-state index contributed by atoms with van der Waals surface area (Å²) in [5.41, 5.74) is 8.01. The zero-order valence-electron chi connectivity index (χ0n) is 16.6. The fraction of sp³-hybridized carbons (Fsp3) is 0.381. The number of hydrogen-bond acceptors (Lipinski definition) is 5. The number of anilines is 2. The Morgan fingerprint density at radius 1 is 1.21 bits per heavy atom. The van der Waals surface area contributed by atoms with Gasteiger partial charge in [0, 0.05) is 37.0 Å². The van der Waals surface area contributed by atoms with Crippen molar-refractivity contribution in [3.8, 4) is 5.88 Å². The summed E-state index contributed by atoms with van der Waals surface area (Å²) in [6, 6.07) is 8.43. The summed E-state index contributed by atoms with van der Waals surface area (Å²) in [5, 5.41) is 5.68. The standard InChI is InChI=1S/C21H27N5O3/c1-2-29-20-16(7-6-10-23-20)14-24-21(28)25-17-13-15(19(22)27)8-9-18(17)26-11-4-3-5-12-26/h6-10,13H,2-5,11-12,14H2,1H3,(H2,22,27)(H2,24,25,28). The Morgan fingerprint density at radius 3 is 2.72 bits per heavy atom. The smallest absolute Gasteiger partial charge is 0.319 e. The van der Waals surface area contributed by atoms with Gasteiger partial charge in [0.05, 0.1) is 18.0 Å². The molecule has 4 N–H and O–H groups in total. The number of ether oxygens (including phenoxy) is 1. The first kappa shape index (κ1) is 20.4. The van der Waals surface area contributed by atoms with Crippen molar-refractivity contribution in [2.75, 3.05) is 29.9 Å². The zero-order valence-corrected chi connectivity index (χ0v) is 16.6. The van der Waals surface area contributed by atoms with Gasteiger partial charge in [-0.25, -0.2) is 9.78 Å². The van der Waals surface area contributed by atoms with Gasteiger partial charge in [0.1, 0.15) is 0 Å². The number of rotatable bonds is 7. The number of carbonyl (C=O) groups excluding carboxylic acids is 2. The van der Waals surface area contributed by atoms with Crippen LogP contribution in [0.15, 0.2) is 36.5 Å². The molecule has 0 bridgehead atoms. The Kier molecular flexibility index (Phi) is 6.89. The van der Waals surface area contributed by atoms with Crippen LogP contribution in [0.4, 0.5) is 16.2 Å². The second-order valence-corrected chi connectivity index (χ2v) is 6.85.